The Morgan fingerprint density at radius 1 is 1.67 bits per heavy atom. The van der Waals surface area contributed by atoms with Crippen LogP contribution < -0.4 is 0 Å². The standard InChI is InChI=1S/C13H17NO/c1-3-8-14-9-5-10-15-13-7-4-6-12(2)11-13/h3-5,7-9,11-12H,1,6,10H2,2H3/b9-5-,14-8?. The molecule has 2 heteroatoms. The van der Waals surface area contributed by atoms with Gasteiger partial charge in [-0.1, -0.05) is 25.7 Å². The number of rotatable bonds is 5. The first-order valence-electron chi connectivity index (χ1n) is 5.13. The molecule has 1 aliphatic carbocycles. The second kappa shape index (κ2) is 6.82. The van der Waals surface area contributed by atoms with Gasteiger partial charge in [0.15, 0.2) is 0 Å². The van der Waals surface area contributed by atoms with E-state index in [1.807, 2.05) is 12.2 Å². The van der Waals surface area contributed by atoms with Crippen LogP contribution >= 0.6 is 0 Å². The summed E-state index contributed by atoms with van der Waals surface area (Å²) in [6, 6.07) is 0. The largest absolute Gasteiger partial charge is 0.490 e. The lowest BCUT2D eigenvalue weighted by molar-refractivity contribution is 0.256. The van der Waals surface area contributed by atoms with E-state index in [4.69, 9.17) is 4.74 Å². The van der Waals surface area contributed by atoms with Gasteiger partial charge in [-0.3, -0.25) is 4.99 Å². The number of allylic oxidation sites excluding steroid dienone is 4. The first-order chi connectivity index (χ1) is 7.33. The maximum absolute atomic E-state index is 5.52. The molecule has 0 aromatic rings. The predicted molar refractivity (Wildman–Crippen MR) is 64.8 cm³/mol. The molecule has 1 atom stereocenters. The molecule has 1 aliphatic rings. The molecular weight excluding hydrogens is 186 g/mol. The van der Waals surface area contributed by atoms with E-state index >= 15 is 0 Å². The van der Waals surface area contributed by atoms with Crippen LogP contribution in [0, 0.1) is 5.92 Å². The predicted octanol–water partition coefficient (Wildman–Crippen LogP) is 3.25. The highest BCUT2D eigenvalue weighted by atomic mass is 16.5. The lowest BCUT2D eigenvalue weighted by Crippen LogP contribution is -1.98. The summed E-state index contributed by atoms with van der Waals surface area (Å²) >= 11 is 0. The first kappa shape index (κ1) is 11.5. The fourth-order valence-electron chi connectivity index (χ4n) is 1.26. The second-order valence-corrected chi connectivity index (χ2v) is 3.41. The summed E-state index contributed by atoms with van der Waals surface area (Å²) in [6.07, 6.45) is 14.2. The monoisotopic (exact) mass is 203 g/mol. The van der Waals surface area contributed by atoms with Gasteiger partial charge in [-0.05, 0) is 30.6 Å². The molecule has 0 aliphatic heterocycles. The maximum Gasteiger partial charge on any atom is 0.115 e. The van der Waals surface area contributed by atoms with Crippen molar-refractivity contribution in [2.24, 2.45) is 10.9 Å². The Labute approximate surface area is 91.4 Å². The van der Waals surface area contributed by atoms with E-state index in [1.165, 1.54) is 0 Å². The number of nitrogens with zero attached hydrogens (tertiary/aromatic N) is 1. The van der Waals surface area contributed by atoms with E-state index in [2.05, 4.69) is 30.6 Å². The van der Waals surface area contributed by atoms with Crippen LogP contribution in [0.3, 0.4) is 0 Å². The number of hydrogen-bond donors (Lipinski definition) is 0. The molecule has 0 aromatic carbocycles. The summed E-state index contributed by atoms with van der Waals surface area (Å²) in [6.45, 7) is 6.26. The van der Waals surface area contributed by atoms with Crippen LogP contribution in [0.5, 0.6) is 0 Å². The summed E-state index contributed by atoms with van der Waals surface area (Å²) in [5, 5.41) is 0. The Kier molecular flexibility index (Phi) is 5.23. The Hall–Kier alpha value is -1.57. The van der Waals surface area contributed by atoms with E-state index in [1.54, 1.807) is 18.5 Å². The van der Waals surface area contributed by atoms with Crippen LogP contribution in [-0.2, 0) is 4.74 Å². The second-order valence-electron chi connectivity index (χ2n) is 3.41. The van der Waals surface area contributed by atoms with Crippen molar-refractivity contribution in [1.82, 2.24) is 0 Å². The van der Waals surface area contributed by atoms with Crippen molar-refractivity contribution in [1.29, 1.82) is 0 Å². The van der Waals surface area contributed by atoms with Crippen LogP contribution in [-0.4, -0.2) is 12.8 Å². The summed E-state index contributed by atoms with van der Waals surface area (Å²) < 4.78 is 5.52. The van der Waals surface area contributed by atoms with Gasteiger partial charge in [0, 0.05) is 12.4 Å². The van der Waals surface area contributed by atoms with Crippen molar-refractivity contribution < 1.29 is 4.74 Å². The first-order valence-corrected chi connectivity index (χ1v) is 5.13. The van der Waals surface area contributed by atoms with Crippen molar-refractivity contribution in [2.45, 2.75) is 13.3 Å². The van der Waals surface area contributed by atoms with E-state index < -0.39 is 0 Å². The normalized spacial score (nSPS) is 20.9. The number of ether oxygens (including phenoxy) is 1. The minimum atomic E-state index is 0.553. The van der Waals surface area contributed by atoms with E-state index in [0.29, 0.717) is 12.5 Å². The van der Waals surface area contributed by atoms with Crippen LogP contribution in [0.2, 0.25) is 0 Å². The lowest BCUT2D eigenvalue weighted by atomic mass is 10.0. The Morgan fingerprint density at radius 3 is 3.27 bits per heavy atom. The summed E-state index contributed by atoms with van der Waals surface area (Å²) in [5.74, 6) is 1.53. The molecule has 0 spiro atoms. The molecule has 0 amide bonds. The van der Waals surface area contributed by atoms with Gasteiger partial charge in [-0.15, -0.1) is 0 Å². The molecule has 0 heterocycles. The third kappa shape index (κ3) is 5.01. The van der Waals surface area contributed by atoms with Gasteiger partial charge in [-0.25, -0.2) is 0 Å². The maximum atomic E-state index is 5.52. The smallest absolute Gasteiger partial charge is 0.115 e. The van der Waals surface area contributed by atoms with Crippen molar-refractivity contribution >= 4 is 6.21 Å². The van der Waals surface area contributed by atoms with Crippen LogP contribution in [0.1, 0.15) is 13.3 Å². The zero-order chi connectivity index (χ0) is 10.9. The molecule has 1 rings (SSSR count). The molecule has 0 saturated carbocycles. The molecule has 0 bridgehead atoms. The number of aliphatic imine (C=N–C) groups is 1. The van der Waals surface area contributed by atoms with E-state index in [9.17, 15) is 0 Å². The van der Waals surface area contributed by atoms with E-state index in [-0.39, 0.29) is 0 Å². The average Bonchev–Trinajstić information content (AvgIpc) is 2.23. The third-order valence-electron chi connectivity index (χ3n) is 1.97. The molecule has 0 N–H and O–H groups in total. The third-order valence-corrected chi connectivity index (χ3v) is 1.97. The Morgan fingerprint density at radius 2 is 2.53 bits per heavy atom. The molecule has 15 heavy (non-hydrogen) atoms. The van der Waals surface area contributed by atoms with Gasteiger partial charge in [0.1, 0.15) is 12.4 Å². The minimum Gasteiger partial charge on any atom is -0.490 e. The van der Waals surface area contributed by atoms with E-state index in [0.717, 1.165) is 12.2 Å². The topological polar surface area (TPSA) is 21.6 Å². The van der Waals surface area contributed by atoms with Crippen LogP contribution in [0.25, 0.3) is 0 Å². The van der Waals surface area contributed by atoms with Gasteiger partial charge in [-0.2, -0.15) is 0 Å². The Bertz CT molecular complexity index is 310. The van der Waals surface area contributed by atoms with Crippen molar-refractivity contribution in [3.63, 3.8) is 0 Å². The fraction of sp³-hybridized carbons (Fsp3) is 0.308. The molecule has 2 nitrogen and oxygen atoms in total. The molecule has 80 valence electrons. The Balaban J connectivity index is 2.25. The van der Waals surface area contributed by atoms with Crippen LogP contribution in [0.15, 0.2) is 53.9 Å². The van der Waals surface area contributed by atoms with Gasteiger partial charge in [0.05, 0.1) is 0 Å². The molecule has 1 unspecified atom stereocenters. The highest BCUT2D eigenvalue weighted by Crippen LogP contribution is 2.16. The zero-order valence-electron chi connectivity index (χ0n) is 9.10. The summed E-state index contributed by atoms with van der Waals surface area (Å²) in [4.78, 5) is 3.95. The number of hydrogen-bond acceptors (Lipinski definition) is 2. The molecule has 0 fully saturated rings. The molecular formula is C13H17NO. The minimum absolute atomic E-state index is 0.553. The zero-order valence-corrected chi connectivity index (χ0v) is 9.10. The SMILES string of the molecule is C=CC=N/C=C\COC1=CC(C)CC=C1. The van der Waals surface area contributed by atoms with Gasteiger partial charge in [0.25, 0.3) is 0 Å². The highest BCUT2D eigenvalue weighted by molar-refractivity contribution is 5.70. The van der Waals surface area contributed by atoms with Crippen molar-refractivity contribution in [3.05, 3.63) is 48.9 Å². The van der Waals surface area contributed by atoms with Crippen LogP contribution in [0.4, 0.5) is 0 Å². The van der Waals surface area contributed by atoms with Gasteiger partial charge < -0.3 is 4.74 Å². The quantitative estimate of drug-likeness (QED) is 0.628. The highest BCUT2D eigenvalue weighted by Gasteiger charge is 2.03. The fourth-order valence-corrected chi connectivity index (χ4v) is 1.26. The molecule has 0 radical (unpaired) electrons. The average molecular weight is 203 g/mol. The van der Waals surface area contributed by atoms with Gasteiger partial charge >= 0.3 is 0 Å². The lowest BCUT2D eigenvalue weighted by Gasteiger charge is -2.12. The van der Waals surface area contributed by atoms with Gasteiger partial charge in [0.2, 0.25) is 0 Å². The summed E-state index contributed by atoms with van der Waals surface area (Å²) in [5.41, 5.74) is 0. The summed E-state index contributed by atoms with van der Waals surface area (Å²) in [7, 11) is 0. The van der Waals surface area contributed by atoms with Crippen molar-refractivity contribution in [3.8, 4) is 0 Å². The molecule has 0 aromatic heterocycles. The van der Waals surface area contributed by atoms with Crippen molar-refractivity contribution in [2.75, 3.05) is 6.61 Å². The molecule has 0 saturated heterocycles.